The van der Waals surface area contributed by atoms with Crippen LogP contribution in [-0.4, -0.2) is 30.9 Å². The molecule has 1 atom stereocenters. The molecule has 92 valence electrons. The van der Waals surface area contributed by atoms with Crippen LogP contribution >= 0.6 is 11.8 Å². The Hall–Kier alpha value is -1.10. The van der Waals surface area contributed by atoms with E-state index in [1.165, 1.54) is 0 Å². The highest BCUT2D eigenvalue weighted by molar-refractivity contribution is 7.99. The van der Waals surface area contributed by atoms with E-state index >= 15 is 0 Å². The molecule has 0 saturated carbocycles. The second-order valence-corrected chi connectivity index (χ2v) is 5.23. The summed E-state index contributed by atoms with van der Waals surface area (Å²) in [5, 5.41) is 0. The van der Waals surface area contributed by atoms with Gasteiger partial charge in [0.1, 0.15) is 23.6 Å². The van der Waals surface area contributed by atoms with E-state index in [0.717, 1.165) is 30.1 Å². The van der Waals surface area contributed by atoms with Gasteiger partial charge in [0.25, 0.3) is 0 Å². The van der Waals surface area contributed by atoms with Gasteiger partial charge in [0.15, 0.2) is 0 Å². The van der Waals surface area contributed by atoms with E-state index in [9.17, 15) is 13.6 Å². The number of hydrogen-bond donors (Lipinski definition) is 0. The molecule has 0 amide bonds. The molecule has 1 heterocycles. The minimum Gasteiger partial charge on any atom is -0.366 e. The molecule has 0 spiro atoms. The third-order valence-corrected chi connectivity index (χ3v) is 4.13. The molecule has 0 N–H and O–H groups in total. The lowest BCUT2D eigenvalue weighted by atomic mass is 10.1. The Morgan fingerprint density at radius 3 is 2.53 bits per heavy atom. The van der Waals surface area contributed by atoms with Crippen molar-refractivity contribution in [3.8, 4) is 0 Å². The maximum atomic E-state index is 13.8. The van der Waals surface area contributed by atoms with E-state index in [1.54, 1.807) is 23.7 Å². The molecule has 0 aliphatic carbocycles. The molecule has 1 aliphatic heterocycles. The Bertz CT molecular complexity index is 410. The van der Waals surface area contributed by atoms with Gasteiger partial charge < -0.3 is 4.90 Å². The van der Waals surface area contributed by atoms with Crippen LogP contribution in [0.25, 0.3) is 0 Å². The lowest BCUT2D eigenvalue weighted by Crippen LogP contribution is -2.32. The molecule has 0 aromatic heterocycles. The summed E-state index contributed by atoms with van der Waals surface area (Å²) in [6.07, 6.45) is 1.37. The maximum Gasteiger partial charge on any atom is 0.150 e. The Morgan fingerprint density at radius 2 is 2.06 bits per heavy atom. The van der Waals surface area contributed by atoms with Crippen LogP contribution in [0.2, 0.25) is 0 Å². The molecule has 1 fully saturated rings. The number of rotatable bonds is 3. The fraction of sp³-hybridized carbons (Fsp3) is 0.417. The fourth-order valence-corrected chi connectivity index (χ4v) is 3.27. The van der Waals surface area contributed by atoms with Crippen molar-refractivity contribution in [1.82, 2.24) is 0 Å². The summed E-state index contributed by atoms with van der Waals surface area (Å²) in [7, 11) is 1.69. The van der Waals surface area contributed by atoms with E-state index in [2.05, 4.69) is 0 Å². The lowest BCUT2D eigenvalue weighted by Gasteiger charge is -2.26. The second-order valence-electron chi connectivity index (χ2n) is 4.08. The Morgan fingerprint density at radius 1 is 1.41 bits per heavy atom. The number of hydrogen-bond acceptors (Lipinski definition) is 3. The number of nitrogens with zero attached hydrogens (tertiary/aromatic N) is 1. The molecule has 2 rings (SSSR count). The minimum atomic E-state index is -0.675. The zero-order valence-corrected chi connectivity index (χ0v) is 10.3. The number of carbonyl (C=O) groups is 1. The summed E-state index contributed by atoms with van der Waals surface area (Å²) < 4.78 is 27.5. The molecular weight excluding hydrogens is 244 g/mol. The molecule has 1 unspecified atom stereocenters. The topological polar surface area (TPSA) is 20.3 Å². The summed E-state index contributed by atoms with van der Waals surface area (Å²) >= 11 is 1.78. The number of halogens is 2. The van der Waals surface area contributed by atoms with E-state index in [1.807, 2.05) is 0 Å². The predicted molar refractivity (Wildman–Crippen MR) is 65.9 cm³/mol. The quantitative estimate of drug-likeness (QED) is 0.777. The zero-order chi connectivity index (χ0) is 12.4. The molecule has 1 aromatic rings. The lowest BCUT2D eigenvalue weighted by molar-refractivity contribution is 0.112. The van der Waals surface area contributed by atoms with Crippen molar-refractivity contribution in [2.45, 2.75) is 12.5 Å². The van der Waals surface area contributed by atoms with Gasteiger partial charge >= 0.3 is 0 Å². The van der Waals surface area contributed by atoms with Crippen LogP contribution in [0.3, 0.4) is 0 Å². The largest absolute Gasteiger partial charge is 0.366 e. The third-order valence-electron chi connectivity index (χ3n) is 2.98. The van der Waals surface area contributed by atoms with E-state index in [-0.39, 0.29) is 17.3 Å². The number of benzene rings is 1. The predicted octanol–water partition coefficient (Wildman–Crippen LogP) is 2.72. The van der Waals surface area contributed by atoms with Crippen molar-refractivity contribution >= 4 is 23.7 Å². The Labute approximate surface area is 103 Å². The van der Waals surface area contributed by atoms with Gasteiger partial charge in [-0.2, -0.15) is 11.8 Å². The Balaban J connectivity index is 2.33. The van der Waals surface area contributed by atoms with Gasteiger partial charge in [-0.15, -0.1) is 0 Å². The average Bonchev–Trinajstić information content (AvgIpc) is 2.81. The van der Waals surface area contributed by atoms with Crippen molar-refractivity contribution in [3.05, 3.63) is 29.3 Å². The summed E-state index contributed by atoms with van der Waals surface area (Å²) in [5.41, 5.74) is -0.0129. The van der Waals surface area contributed by atoms with Gasteiger partial charge in [0.05, 0.1) is 0 Å². The monoisotopic (exact) mass is 257 g/mol. The smallest absolute Gasteiger partial charge is 0.150 e. The van der Waals surface area contributed by atoms with Crippen LogP contribution in [0, 0.1) is 11.6 Å². The van der Waals surface area contributed by atoms with Gasteiger partial charge in [-0.25, -0.2) is 8.78 Å². The molecule has 1 aromatic carbocycles. The number of aldehydes is 1. The Kier molecular flexibility index (Phi) is 3.66. The van der Waals surface area contributed by atoms with Crippen molar-refractivity contribution in [2.75, 3.05) is 23.5 Å². The van der Waals surface area contributed by atoms with Crippen molar-refractivity contribution < 1.29 is 13.6 Å². The average molecular weight is 257 g/mol. The zero-order valence-electron chi connectivity index (χ0n) is 9.45. The first-order chi connectivity index (χ1) is 8.13. The first kappa shape index (κ1) is 12.4. The normalized spacial score (nSPS) is 19.4. The first-order valence-electron chi connectivity index (χ1n) is 5.38. The molecule has 0 bridgehead atoms. The van der Waals surface area contributed by atoms with Crippen LogP contribution in [0.5, 0.6) is 0 Å². The summed E-state index contributed by atoms with van der Waals surface area (Å²) in [4.78, 5) is 12.1. The highest BCUT2D eigenvalue weighted by atomic mass is 32.2. The van der Waals surface area contributed by atoms with Gasteiger partial charge in [0, 0.05) is 24.4 Å². The van der Waals surface area contributed by atoms with Crippen molar-refractivity contribution in [3.63, 3.8) is 0 Å². The van der Waals surface area contributed by atoms with Crippen LogP contribution in [-0.2, 0) is 0 Å². The molecule has 1 aliphatic rings. The fourth-order valence-electron chi connectivity index (χ4n) is 2.00. The third kappa shape index (κ3) is 2.44. The van der Waals surface area contributed by atoms with Crippen LogP contribution in [0.1, 0.15) is 16.8 Å². The first-order valence-corrected chi connectivity index (χ1v) is 6.53. The molecule has 5 heteroatoms. The summed E-state index contributed by atoms with van der Waals surface area (Å²) in [6.45, 7) is 0. The standard InChI is InChI=1S/C12H13F2NOS/c1-15(9-2-3-17-7-9)12-10(13)4-8(6-16)5-11(12)14/h4-6,9H,2-3,7H2,1H3. The second kappa shape index (κ2) is 5.04. The molecule has 17 heavy (non-hydrogen) atoms. The minimum absolute atomic E-state index is 0.0259. The molecular formula is C12H13F2NOS. The van der Waals surface area contributed by atoms with Crippen molar-refractivity contribution in [2.24, 2.45) is 0 Å². The number of anilines is 1. The van der Waals surface area contributed by atoms with Crippen LogP contribution in [0.15, 0.2) is 12.1 Å². The van der Waals surface area contributed by atoms with E-state index < -0.39 is 11.6 Å². The van der Waals surface area contributed by atoms with Crippen LogP contribution in [0.4, 0.5) is 14.5 Å². The van der Waals surface area contributed by atoms with Gasteiger partial charge in [-0.1, -0.05) is 0 Å². The summed E-state index contributed by atoms with van der Waals surface area (Å²) in [5.74, 6) is 0.549. The van der Waals surface area contributed by atoms with Crippen LogP contribution < -0.4 is 4.90 Å². The van der Waals surface area contributed by atoms with Gasteiger partial charge in [0.2, 0.25) is 0 Å². The maximum absolute atomic E-state index is 13.8. The molecule has 2 nitrogen and oxygen atoms in total. The highest BCUT2D eigenvalue weighted by Crippen LogP contribution is 2.30. The summed E-state index contributed by atoms with van der Waals surface area (Å²) in [6, 6.07) is 2.31. The molecule has 1 saturated heterocycles. The highest BCUT2D eigenvalue weighted by Gasteiger charge is 2.25. The van der Waals surface area contributed by atoms with E-state index in [0.29, 0.717) is 6.29 Å². The SMILES string of the molecule is CN(c1c(F)cc(C=O)cc1F)C1CCSC1. The molecule has 0 radical (unpaired) electrons. The van der Waals surface area contributed by atoms with Gasteiger partial charge in [-0.05, 0) is 24.3 Å². The van der Waals surface area contributed by atoms with Crippen molar-refractivity contribution in [1.29, 1.82) is 0 Å². The number of thioether (sulfide) groups is 1. The van der Waals surface area contributed by atoms with Gasteiger partial charge in [-0.3, -0.25) is 4.79 Å². The number of carbonyl (C=O) groups excluding carboxylic acids is 1. The van der Waals surface area contributed by atoms with E-state index in [4.69, 9.17) is 0 Å².